The summed E-state index contributed by atoms with van der Waals surface area (Å²) in [7, 11) is 1.59. The molecule has 104 valence electrons. The van der Waals surface area contributed by atoms with Crippen LogP contribution in [0.4, 0.5) is 0 Å². The van der Waals surface area contributed by atoms with Crippen LogP contribution in [0.3, 0.4) is 0 Å². The minimum Gasteiger partial charge on any atom is -0.359 e. The summed E-state index contributed by atoms with van der Waals surface area (Å²) in [6, 6.07) is 5.61. The van der Waals surface area contributed by atoms with Gasteiger partial charge in [-0.2, -0.15) is 0 Å². The average molecular weight is 374 g/mol. The predicted molar refractivity (Wildman–Crippen MR) is 84.1 cm³/mol. The molecule has 0 aromatic heterocycles. The van der Waals surface area contributed by atoms with Gasteiger partial charge in [-0.3, -0.25) is 9.59 Å². The Morgan fingerprint density at radius 3 is 2.53 bits per heavy atom. The first-order chi connectivity index (χ1) is 8.79. The summed E-state index contributed by atoms with van der Waals surface area (Å²) >= 11 is 2.16. The molecule has 0 saturated heterocycles. The van der Waals surface area contributed by atoms with Gasteiger partial charge in [-0.05, 0) is 55.0 Å². The van der Waals surface area contributed by atoms with Crippen LogP contribution in [0, 0.1) is 15.9 Å². The molecule has 0 aliphatic carbocycles. The molecule has 0 bridgehead atoms. The summed E-state index contributed by atoms with van der Waals surface area (Å²) in [5.74, 6) is -0.239. The Labute approximate surface area is 127 Å². The van der Waals surface area contributed by atoms with Crippen molar-refractivity contribution in [1.82, 2.24) is 10.6 Å². The fourth-order valence-electron chi connectivity index (χ4n) is 1.64. The number of rotatable bonds is 4. The van der Waals surface area contributed by atoms with E-state index in [4.69, 9.17) is 0 Å². The molecule has 0 fully saturated rings. The van der Waals surface area contributed by atoms with Crippen LogP contribution in [0.2, 0.25) is 0 Å². The second-order valence-corrected chi connectivity index (χ2v) is 6.16. The molecule has 19 heavy (non-hydrogen) atoms. The van der Waals surface area contributed by atoms with E-state index in [2.05, 4.69) is 33.2 Å². The van der Waals surface area contributed by atoms with Crippen molar-refractivity contribution in [3.05, 3.63) is 32.9 Å². The number of benzene rings is 1. The van der Waals surface area contributed by atoms with Crippen LogP contribution in [-0.2, 0) is 4.79 Å². The predicted octanol–water partition coefficient (Wildman–Crippen LogP) is 2.10. The van der Waals surface area contributed by atoms with Gasteiger partial charge < -0.3 is 10.6 Å². The molecule has 4 nitrogen and oxygen atoms in total. The van der Waals surface area contributed by atoms with Crippen LogP contribution >= 0.6 is 22.6 Å². The number of carbonyl (C=O) groups excluding carboxylic acids is 2. The molecule has 0 radical (unpaired) electrons. The topological polar surface area (TPSA) is 58.2 Å². The fraction of sp³-hybridized carbons (Fsp3) is 0.429. The zero-order chi connectivity index (χ0) is 14.6. The Balaban J connectivity index is 2.76. The maximum absolute atomic E-state index is 12.1. The molecule has 2 N–H and O–H groups in total. The van der Waals surface area contributed by atoms with Crippen LogP contribution in [-0.4, -0.2) is 25.4 Å². The molecule has 1 rings (SSSR count). The van der Waals surface area contributed by atoms with Crippen LogP contribution in [0.1, 0.15) is 29.8 Å². The molecule has 0 saturated carbocycles. The lowest BCUT2D eigenvalue weighted by Crippen LogP contribution is -2.43. The van der Waals surface area contributed by atoms with E-state index < -0.39 is 5.41 Å². The van der Waals surface area contributed by atoms with Crippen molar-refractivity contribution >= 4 is 34.4 Å². The summed E-state index contributed by atoms with van der Waals surface area (Å²) in [5, 5.41) is 5.42. The molecule has 0 heterocycles. The second kappa shape index (κ2) is 6.36. The van der Waals surface area contributed by atoms with E-state index in [9.17, 15) is 9.59 Å². The van der Waals surface area contributed by atoms with Crippen LogP contribution in [0.25, 0.3) is 0 Å². The zero-order valence-corrected chi connectivity index (χ0v) is 13.8. The Morgan fingerprint density at radius 1 is 1.32 bits per heavy atom. The summed E-state index contributed by atoms with van der Waals surface area (Å²) in [6.45, 7) is 5.86. The third-order valence-electron chi connectivity index (χ3n) is 2.97. The fourth-order valence-corrected chi connectivity index (χ4v) is 2.24. The lowest BCUT2D eigenvalue weighted by molar-refractivity contribution is -0.128. The van der Waals surface area contributed by atoms with E-state index >= 15 is 0 Å². The van der Waals surface area contributed by atoms with Crippen LogP contribution < -0.4 is 10.6 Å². The van der Waals surface area contributed by atoms with Gasteiger partial charge in [-0.1, -0.05) is 12.1 Å². The van der Waals surface area contributed by atoms with Crippen molar-refractivity contribution in [1.29, 1.82) is 0 Å². The van der Waals surface area contributed by atoms with Gasteiger partial charge in [0.2, 0.25) is 5.91 Å². The van der Waals surface area contributed by atoms with Crippen molar-refractivity contribution in [3.63, 3.8) is 0 Å². The third kappa shape index (κ3) is 3.92. The Morgan fingerprint density at radius 2 is 1.95 bits per heavy atom. The first kappa shape index (κ1) is 15.9. The van der Waals surface area contributed by atoms with Gasteiger partial charge in [-0.15, -0.1) is 0 Å². The summed E-state index contributed by atoms with van der Waals surface area (Å²) in [6.07, 6.45) is 0. The van der Waals surface area contributed by atoms with E-state index in [0.29, 0.717) is 12.1 Å². The SMILES string of the molecule is CNC(=O)C(C)(C)CNC(=O)c1cccc(C)c1I. The molecule has 1 aromatic carbocycles. The number of amides is 2. The Hall–Kier alpha value is -1.11. The quantitative estimate of drug-likeness (QED) is 0.794. The Bertz CT molecular complexity index is 498. The number of hydrogen-bond acceptors (Lipinski definition) is 2. The maximum Gasteiger partial charge on any atom is 0.252 e. The molecule has 0 aliphatic heterocycles. The first-order valence-corrected chi connectivity index (χ1v) is 7.13. The molecule has 0 aliphatic rings. The molecule has 0 spiro atoms. The lowest BCUT2D eigenvalue weighted by Gasteiger charge is -2.23. The van der Waals surface area contributed by atoms with E-state index in [-0.39, 0.29) is 11.8 Å². The third-order valence-corrected chi connectivity index (χ3v) is 4.40. The normalized spacial score (nSPS) is 11.0. The van der Waals surface area contributed by atoms with Crippen molar-refractivity contribution in [3.8, 4) is 0 Å². The van der Waals surface area contributed by atoms with Gasteiger partial charge in [0.15, 0.2) is 0 Å². The molecule has 2 amide bonds. The first-order valence-electron chi connectivity index (χ1n) is 6.05. The van der Waals surface area contributed by atoms with Gasteiger partial charge in [0.25, 0.3) is 5.91 Å². The van der Waals surface area contributed by atoms with Gasteiger partial charge in [-0.25, -0.2) is 0 Å². The number of aryl methyl sites for hydroxylation is 1. The van der Waals surface area contributed by atoms with Gasteiger partial charge in [0.05, 0.1) is 11.0 Å². The number of carbonyl (C=O) groups is 2. The van der Waals surface area contributed by atoms with E-state index in [1.165, 1.54) is 0 Å². The molecular weight excluding hydrogens is 355 g/mol. The van der Waals surface area contributed by atoms with E-state index in [0.717, 1.165) is 9.13 Å². The molecule has 5 heteroatoms. The van der Waals surface area contributed by atoms with Gasteiger partial charge in [0, 0.05) is 17.2 Å². The molecular formula is C14H19IN2O2. The van der Waals surface area contributed by atoms with E-state index in [1.807, 2.05) is 19.1 Å². The second-order valence-electron chi connectivity index (χ2n) is 5.08. The number of hydrogen-bond donors (Lipinski definition) is 2. The smallest absolute Gasteiger partial charge is 0.252 e. The average Bonchev–Trinajstić information content (AvgIpc) is 2.38. The van der Waals surface area contributed by atoms with Crippen molar-refractivity contribution in [2.45, 2.75) is 20.8 Å². The minimum atomic E-state index is -0.625. The lowest BCUT2D eigenvalue weighted by atomic mass is 9.92. The number of nitrogens with one attached hydrogen (secondary N) is 2. The molecule has 0 atom stereocenters. The highest BCUT2D eigenvalue weighted by atomic mass is 127. The monoisotopic (exact) mass is 374 g/mol. The van der Waals surface area contributed by atoms with Crippen LogP contribution in [0.5, 0.6) is 0 Å². The highest BCUT2D eigenvalue weighted by molar-refractivity contribution is 14.1. The van der Waals surface area contributed by atoms with Gasteiger partial charge >= 0.3 is 0 Å². The summed E-state index contributed by atoms with van der Waals surface area (Å²) in [4.78, 5) is 23.8. The minimum absolute atomic E-state index is 0.0910. The van der Waals surface area contributed by atoms with Crippen molar-refractivity contribution < 1.29 is 9.59 Å². The Kier molecular flexibility index (Phi) is 5.34. The van der Waals surface area contributed by atoms with Crippen molar-refractivity contribution in [2.24, 2.45) is 5.41 Å². The van der Waals surface area contributed by atoms with E-state index in [1.54, 1.807) is 27.0 Å². The highest BCUT2D eigenvalue weighted by Gasteiger charge is 2.27. The summed E-state index contributed by atoms with van der Waals surface area (Å²) in [5.41, 5.74) is 1.09. The molecule has 1 aromatic rings. The largest absolute Gasteiger partial charge is 0.359 e. The van der Waals surface area contributed by atoms with Crippen LogP contribution in [0.15, 0.2) is 18.2 Å². The number of halogens is 1. The molecule has 0 unspecified atom stereocenters. The van der Waals surface area contributed by atoms with Crippen molar-refractivity contribution in [2.75, 3.05) is 13.6 Å². The standard InChI is InChI=1S/C14H19IN2O2/c1-9-6-5-7-10(11(9)15)12(18)17-8-14(2,3)13(19)16-4/h5-7H,8H2,1-4H3,(H,16,19)(H,17,18). The summed E-state index contributed by atoms with van der Waals surface area (Å²) < 4.78 is 0.940. The highest BCUT2D eigenvalue weighted by Crippen LogP contribution is 2.18. The zero-order valence-electron chi connectivity index (χ0n) is 11.6. The maximum atomic E-state index is 12.1. The van der Waals surface area contributed by atoms with Gasteiger partial charge in [0.1, 0.15) is 0 Å².